The van der Waals surface area contributed by atoms with E-state index >= 15 is 0 Å². The fourth-order valence-electron chi connectivity index (χ4n) is 2.39. The summed E-state index contributed by atoms with van der Waals surface area (Å²) in [5, 5.41) is 7.18. The molecule has 0 radical (unpaired) electrons. The minimum atomic E-state index is -0.155. The van der Waals surface area contributed by atoms with Gasteiger partial charge in [-0.1, -0.05) is 19.1 Å². The maximum Gasteiger partial charge on any atom is 0.256 e. The highest BCUT2D eigenvalue weighted by Gasteiger charge is 2.15. The van der Waals surface area contributed by atoms with E-state index in [0.29, 0.717) is 17.8 Å². The van der Waals surface area contributed by atoms with E-state index in [1.807, 2.05) is 37.3 Å². The first kappa shape index (κ1) is 15.0. The van der Waals surface area contributed by atoms with Crippen molar-refractivity contribution in [3.8, 4) is 17.0 Å². The molecule has 3 aromatic rings. The Bertz CT molecular complexity index is 841. The van der Waals surface area contributed by atoms with Gasteiger partial charge in [0.2, 0.25) is 0 Å². The van der Waals surface area contributed by atoms with Crippen molar-refractivity contribution in [1.82, 2.24) is 19.9 Å². The molecule has 23 heavy (non-hydrogen) atoms. The second-order valence-electron chi connectivity index (χ2n) is 5.11. The van der Waals surface area contributed by atoms with Crippen LogP contribution in [0.3, 0.4) is 0 Å². The molecule has 0 saturated carbocycles. The zero-order valence-electron chi connectivity index (χ0n) is 13.1. The molecule has 0 aliphatic rings. The number of nitrogens with one attached hydrogen (secondary N) is 1. The van der Waals surface area contributed by atoms with Crippen LogP contribution in [0.15, 0.2) is 42.7 Å². The monoisotopic (exact) mass is 310 g/mol. The number of hydrogen-bond donors (Lipinski definition) is 1. The third-order valence-electron chi connectivity index (χ3n) is 3.55. The lowest BCUT2D eigenvalue weighted by molar-refractivity contribution is 0.0955. The van der Waals surface area contributed by atoms with Crippen molar-refractivity contribution < 1.29 is 9.53 Å². The molecule has 0 aliphatic heterocycles. The lowest BCUT2D eigenvalue weighted by atomic mass is 10.1. The molecule has 0 atom stereocenters. The Balaban J connectivity index is 2.06. The molecule has 0 aliphatic carbocycles. The summed E-state index contributed by atoms with van der Waals surface area (Å²) >= 11 is 0. The highest BCUT2D eigenvalue weighted by Crippen LogP contribution is 2.24. The van der Waals surface area contributed by atoms with Gasteiger partial charge in [-0.3, -0.25) is 4.79 Å². The fraction of sp³-hybridized carbons (Fsp3) is 0.235. The summed E-state index contributed by atoms with van der Waals surface area (Å²) in [7, 11) is 1.63. The minimum absolute atomic E-state index is 0.155. The van der Waals surface area contributed by atoms with E-state index in [1.54, 1.807) is 24.0 Å². The molecule has 0 unspecified atom stereocenters. The van der Waals surface area contributed by atoms with Crippen molar-refractivity contribution in [2.24, 2.45) is 0 Å². The molecule has 0 bridgehead atoms. The largest absolute Gasteiger partial charge is 0.497 e. The molecular weight excluding hydrogens is 292 g/mol. The van der Waals surface area contributed by atoms with Gasteiger partial charge in [-0.2, -0.15) is 5.10 Å². The van der Waals surface area contributed by atoms with Crippen LogP contribution in [-0.2, 0) is 0 Å². The maximum absolute atomic E-state index is 12.2. The Labute approximate surface area is 134 Å². The Morgan fingerprint density at radius 2 is 2.22 bits per heavy atom. The number of aromatic nitrogens is 3. The molecule has 0 fully saturated rings. The number of nitrogens with zero attached hydrogens (tertiary/aromatic N) is 3. The predicted molar refractivity (Wildman–Crippen MR) is 87.6 cm³/mol. The van der Waals surface area contributed by atoms with Crippen LogP contribution < -0.4 is 10.1 Å². The molecule has 1 aromatic carbocycles. The van der Waals surface area contributed by atoms with E-state index in [2.05, 4.69) is 15.4 Å². The van der Waals surface area contributed by atoms with Crippen LogP contribution in [0.5, 0.6) is 5.75 Å². The zero-order chi connectivity index (χ0) is 16.2. The van der Waals surface area contributed by atoms with Gasteiger partial charge in [0.25, 0.3) is 5.91 Å². The zero-order valence-corrected chi connectivity index (χ0v) is 13.1. The van der Waals surface area contributed by atoms with E-state index in [9.17, 15) is 4.79 Å². The van der Waals surface area contributed by atoms with E-state index in [1.165, 1.54) is 0 Å². The third-order valence-corrected chi connectivity index (χ3v) is 3.55. The first-order valence-corrected chi connectivity index (χ1v) is 7.50. The molecule has 0 saturated heterocycles. The number of carbonyl (C=O) groups excluding carboxylic acids is 1. The first-order chi connectivity index (χ1) is 11.2. The number of fused-ring (bicyclic) bond motifs is 1. The Morgan fingerprint density at radius 1 is 1.35 bits per heavy atom. The average Bonchev–Trinajstić information content (AvgIpc) is 3.03. The van der Waals surface area contributed by atoms with Gasteiger partial charge in [0.15, 0.2) is 5.65 Å². The summed E-state index contributed by atoms with van der Waals surface area (Å²) in [6.07, 6.45) is 4.12. The van der Waals surface area contributed by atoms with Crippen molar-refractivity contribution in [3.63, 3.8) is 0 Å². The second kappa shape index (κ2) is 6.48. The summed E-state index contributed by atoms with van der Waals surface area (Å²) in [6.45, 7) is 2.64. The van der Waals surface area contributed by atoms with Crippen LogP contribution in [0.1, 0.15) is 23.7 Å². The van der Waals surface area contributed by atoms with E-state index in [-0.39, 0.29) is 5.91 Å². The summed E-state index contributed by atoms with van der Waals surface area (Å²) in [6, 6.07) is 9.55. The molecule has 6 nitrogen and oxygen atoms in total. The highest BCUT2D eigenvalue weighted by atomic mass is 16.5. The molecule has 2 aromatic heterocycles. The standard InChI is InChI=1S/C17H18N4O2/c1-3-8-19-17(22)14-11-20-21-15(7-9-18-16(14)21)12-5-4-6-13(10-12)23-2/h4-7,9-11H,3,8H2,1-2H3,(H,19,22). The van der Waals surface area contributed by atoms with Crippen LogP contribution in [0.25, 0.3) is 16.9 Å². The number of ether oxygens (including phenoxy) is 1. The van der Waals surface area contributed by atoms with E-state index in [0.717, 1.165) is 23.4 Å². The van der Waals surface area contributed by atoms with Crippen molar-refractivity contribution >= 4 is 11.6 Å². The Hall–Kier alpha value is -2.89. The molecule has 6 heteroatoms. The molecule has 3 rings (SSSR count). The van der Waals surface area contributed by atoms with E-state index < -0.39 is 0 Å². The van der Waals surface area contributed by atoms with Crippen LogP contribution >= 0.6 is 0 Å². The summed E-state index contributed by atoms with van der Waals surface area (Å²) in [5.74, 6) is 0.609. The maximum atomic E-state index is 12.2. The lowest BCUT2D eigenvalue weighted by Crippen LogP contribution is -2.23. The highest BCUT2D eigenvalue weighted by molar-refractivity contribution is 5.99. The van der Waals surface area contributed by atoms with Crippen molar-refractivity contribution in [2.45, 2.75) is 13.3 Å². The van der Waals surface area contributed by atoms with Crippen LogP contribution in [0.4, 0.5) is 0 Å². The SMILES string of the molecule is CCCNC(=O)c1cnn2c(-c3cccc(OC)c3)ccnc12. The van der Waals surface area contributed by atoms with Crippen LogP contribution in [0, 0.1) is 0 Å². The van der Waals surface area contributed by atoms with Gasteiger partial charge in [0.1, 0.15) is 11.3 Å². The summed E-state index contributed by atoms with van der Waals surface area (Å²) in [5.41, 5.74) is 2.81. The summed E-state index contributed by atoms with van der Waals surface area (Å²) in [4.78, 5) is 16.5. The molecule has 1 N–H and O–H groups in total. The first-order valence-electron chi connectivity index (χ1n) is 7.50. The topological polar surface area (TPSA) is 68.5 Å². The molecule has 2 heterocycles. The molecule has 118 valence electrons. The average molecular weight is 310 g/mol. The van der Waals surface area contributed by atoms with Gasteiger partial charge in [-0.25, -0.2) is 9.50 Å². The number of methoxy groups -OCH3 is 1. The van der Waals surface area contributed by atoms with Gasteiger partial charge in [-0.05, 0) is 24.6 Å². The van der Waals surface area contributed by atoms with Crippen LogP contribution in [0.2, 0.25) is 0 Å². The van der Waals surface area contributed by atoms with Gasteiger partial charge in [0.05, 0.1) is 19.0 Å². The molecule has 0 spiro atoms. The Kier molecular flexibility index (Phi) is 4.23. The molecule has 1 amide bonds. The summed E-state index contributed by atoms with van der Waals surface area (Å²) < 4.78 is 6.94. The van der Waals surface area contributed by atoms with Crippen molar-refractivity contribution in [3.05, 3.63) is 48.3 Å². The minimum Gasteiger partial charge on any atom is -0.497 e. The second-order valence-corrected chi connectivity index (χ2v) is 5.11. The smallest absolute Gasteiger partial charge is 0.256 e. The normalized spacial score (nSPS) is 10.7. The number of benzene rings is 1. The quantitative estimate of drug-likeness (QED) is 0.786. The number of carbonyl (C=O) groups is 1. The van der Waals surface area contributed by atoms with Gasteiger partial charge in [0, 0.05) is 18.3 Å². The Morgan fingerprint density at radius 3 is 3.00 bits per heavy atom. The number of rotatable bonds is 5. The third kappa shape index (κ3) is 2.88. The fourth-order valence-corrected chi connectivity index (χ4v) is 2.39. The molecular formula is C17H18N4O2. The number of hydrogen-bond acceptors (Lipinski definition) is 4. The van der Waals surface area contributed by atoms with Crippen LogP contribution in [-0.4, -0.2) is 34.2 Å². The van der Waals surface area contributed by atoms with Crippen molar-refractivity contribution in [1.29, 1.82) is 0 Å². The predicted octanol–water partition coefficient (Wildman–Crippen LogP) is 2.54. The number of amides is 1. The van der Waals surface area contributed by atoms with Gasteiger partial charge in [-0.15, -0.1) is 0 Å². The lowest BCUT2D eigenvalue weighted by Gasteiger charge is -2.07. The van der Waals surface area contributed by atoms with Gasteiger partial charge < -0.3 is 10.1 Å². The van der Waals surface area contributed by atoms with E-state index in [4.69, 9.17) is 4.74 Å². The van der Waals surface area contributed by atoms with Gasteiger partial charge >= 0.3 is 0 Å². The van der Waals surface area contributed by atoms with Crippen molar-refractivity contribution in [2.75, 3.05) is 13.7 Å².